The molecule has 0 aliphatic rings. The molecule has 0 spiro atoms. The number of nitrogens with one attached hydrogen (secondary N) is 2. The van der Waals surface area contributed by atoms with Crippen molar-refractivity contribution in [3.05, 3.63) is 66.1 Å². The third-order valence-electron chi connectivity index (χ3n) is 4.94. The minimum atomic E-state index is -0.632. The van der Waals surface area contributed by atoms with Crippen LogP contribution in [-0.4, -0.2) is 43.8 Å². The second-order valence-electron chi connectivity index (χ2n) is 7.86. The van der Waals surface area contributed by atoms with Crippen LogP contribution >= 0.6 is 0 Å². The second-order valence-corrected chi connectivity index (χ2v) is 7.86. The van der Waals surface area contributed by atoms with Crippen molar-refractivity contribution in [1.82, 2.24) is 29.9 Å². The lowest BCUT2D eigenvalue weighted by atomic mass is 10.1. The van der Waals surface area contributed by atoms with Crippen molar-refractivity contribution in [2.75, 3.05) is 18.5 Å². The first-order valence-electron chi connectivity index (χ1n) is 10.7. The molecule has 0 amide bonds. The Morgan fingerprint density at radius 2 is 1.97 bits per heavy atom. The molecule has 1 aromatic carbocycles. The van der Waals surface area contributed by atoms with Crippen LogP contribution in [0.2, 0.25) is 0 Å². The van der Waals surface area contributed by atoms with Gasteiger partial charge >= 0.3 is 6.01 Å². The lowest BCUT2D eigenvalue weighted by Crippen LogP contribution is -2.27. The predicted octanol–water partition coefficient (Wildman–Crippen LogP) is 4.01. The van der Waals surface area contributed by atoms with Gasteiger partial charge in [0.25, 0.3) is 0 Å². The highest BCUT2D eigenvalue weighted by molar-refractivity contribution is 5.75. The van der Waals surface area contributed by atoms with Crippen LogP contribution in [0.5, 0.6) is 6.01 Å². The van der Waals surface area contributed by atoms with E-state index in [0.29, 0.717) is 47.5 Å². The fourth-order valence-electron chi connectivity index (χ4n) is 3.35. The van der Waals surface area contributed by atoms with E-state index in [1.54, 1.807) is 42.2 Å². The maximum absolute atomic E-state index is 14.3. The SMILES string of the molecule is CC(C)NCCOc1nc(N[C@@H](C)c2ccc(F)cc2F)cc(-c2cnn3cccnc23)n1. The van der Waals surface area contributed by atoms with Gasteiger partial charge in [0.05, 0.1) is 23.5 Å². The molecule has 33 heavy (non-hydrogen) atoms. The van der Waals surface area contributed by atoms with E-state index in [0.717, 1.165) is 6.07 Å². The normalized spacial score (nSPS) is 12.3. The topological polar surface area (TPSA) is 89.3 Å². The van der Waals surface area contributed by atoms with Gasteiger partial charge in [0.1, 0.15) is 24.1 Å². The van der Waals surface area contributed by atoms with Gasteiger partial charge in [-0.25, -0.2) is 18.3 Å². The van der Waals surface area contributed by atoms with Gasteiger partial charge in [0.15, 0.2) is 5.65 Å². The van der Waals surface area contributed by atoms with Crippen LogP contribution in [-0.2, 0) is 0 Å². The van der Waals surface area contributed by atoms with E-state index in [4.69, 9.17) is 4.74 Å². The summed E-state index contributed by atoms with van der Waals surface area (Å²) in [5.41, 5.74) is 2.21. The molecule has 0 unspecified atom stereocenters. The molecule has 0 bridgehead atoms. The molecule has 0 radical (unpaired) electrons. The summed E-state index contributed by atoms with van der Waals surface area (Å²) < 4.78 is 35.0. The molecule has 4 rings (SSSR count). The number of aromatic nitrogens is 5. The number of benzene rings is 1. The van der Waals surface area contributed by atoms with Crippen molar-refractivity contribution in [2.24, 2.45) is 0 Å². The molecular weight excluding hydrogens is 428 g/mol. The number of halogens is 2. The lowest BCUT2D eigenvalue weighted by molar-refractivity contribution is 0.286. The Hall–Kier alpha value is -3.66. The number of hydrogen-bond acceptors (Lipinski definition) is 7. The summed E-state index contributed by atoms with van der Waals surface area (Å²) in [4.78, 5) is 13.4. The monoisotopic (exact) mass is 453 g/mol. The van der Waals surface area contributed by atoms with Gasteiger partial charge < -0.3 is 15.4 Å². The second kappa shape index (κ2) is 9.86. The van der Waals surface area contributed by atoms with Crippen LogP contribution in [0, 0.1) is 11.6 Å². The van der Waals surface area contributed by atoms with E-state index in [2.05, 4.69) is 30.7 Å². The van der Waals surface area contributed by atoms with Crippen LogP contribution in [0.1, 0.15) is 32.4 Å². The van der Waals surface area contributed by atoms with Crippen molar-refractivity contribution in [3.63, 3.8) is 0 Å². The van der Waals surface area contributed by atoms with Crippen LogP contribution in [0.4, 0.5) is 14.6 Å². The van der Waals surface area contributed by atoms with E-state index in [9.17, 15) is 8.78 Å². The molecule has 3 aromatic heterocycles. The highest BCUT2D eigenvalue weighted by Crippen LogP contribution is 2.28. The predicted molar refractivity (Wildman–Crippen MR) is 121 cm³/mol. The lowest BCUT2D eigenvalue weighted by Gasteiger charge is -2.17. The van der Waals surface area contributed by atoms with Gasteiger partial charge in [0, 0.05) is 42.7 Å². The Labute approximate surface area is 190 Å². The summed E-state index contributed by atoms with van der Waals surface area (Å²) in [5.74, 6) is -0.829. The molecule has 0 saturated heterocycles. The Morgan fingerprint density at radius 1 is 1.12 bits per heavy atom. The minimum Gasteiger partial charge on any atom is -0.462 e. The van der Waals surface area contributed by atoms with Gasteiger partial charge in [-0.3, -0.25) is 0 Å². The molecule has 0 aliphatic heterocycles. The fraction of sp³-hybridized carbons (Fsp3) is 0.304. The molecule has 1 atom stereocenters. The molecule has 8 nitrogen and oxygen atoms in total. The quantitative estimate of drug-likeness (QED) is 0.370. The molecule has 3 heterocycles. The summed E-state index contributed by atoms with van der Waals surface area (Å²) in [6.07, 6.45) is 5.14. The van der Waals surface area contributed by atoms with E-state index in [1.165, 1.54) is 12.1 Å². The maximum Gasteiger partial charge on any atom is 0.318 e. The molecule has 2 N–H and O–H groups in total. The third kappa shape index (κ3) is 5.40. The molecule has 172 valence electrons. The van der Waals surface area contributed by atoms with Crippen molar-refractivity contribution in [1.29, 1.82) is 0 Å². The molecule has 0 saturated carbocycles. The fourth-order valence-corrected chi connectivity index (χ4v) is 3.35. The van der Waals surface area contributed by atoms with Crippen LogP contribution in [0.15, 0.2) is 48.9 Å². The largest absolute Gasteiger partial charge is 0.462 e. The van der Waals surface area contributed by atoms with E-state index < -0.39 is 17.7 Å². The van der Waals surface area contributed by atoms with Gasteiger partial charge in [-0.05, 0) is 19.1 Å². The van der Waals surface area contributed by atoms with Crippen molar-refractivity contribution in [2.45, 2.75) is 32.9 Å². The minimum absolute atomic E-state index is 0.169. The number of nitrogens with zero attached hydrogens (tertiary/aromatic N) is 5. The van der Waals surface area contributed by atoms with Crippen LogP contribution in [0.25, 0.3) is 16.9 Å². The van der Waals surface area contributed by atoms with E-state index in [-0.39, 0.29) is 6.01 Å². The summed E-state index contributed by atoms with van der Waals surface area (Å²) in [5, 5.41) is 10.7. The van der Waals surface area contributed by atoms with Crippen LogP contribution < -0.4 is 15.4 Å². The Kier molecular flexibility index (Phi) is 6.74. The summed E-state index contributed by atoms with van der Waals surface area (Å²) in [7, 11) is 0. The highest BCUT2D eigenvalue weighted by Gasteiger charge is 2.17. The first-order valence-corrected chi connectivity index (χ1v) is 10.7. The molecule has 10 heteroatoms. The zero-order valence-electron chi connectivity index (χ0n) is 18.6. The Morgan fingerprint density at radius 3 is 2.76 bits per heavy atom. The van der Waals surface area contributed by atoms with Crippen molar-refractivity contribution in [3.8, 4) is 17.3 Å². The average Bonchev–Trinajstić information content (AvgIpc) is 3.20. The molecular formula is C23H25F2N7O. The first-order chi connectivity index (χ1) is 15.9. The van der Waals surface area contributed by atoms with Crippen molar-refractivity contribution < 1.29 is 13.5 Å². The number of anilines is 1. The number of fused-ring (bicyclic) bond motifs is 1. The summed E-state index contributed by atoms with van der Waals surface area (Å²) in [6.45, 7) is 6.86. The van der Waals surface area contributed by atoms with Gasteiger partial charge in [-0.15, -0.1) is 0 Å². The van der Waals surface area contributed by atoms with Gasteiger partial charge in [-0.1, -0.05) is 19.9 Å². The average molecular weight is 453 g/mol. The standard InChI is InChI=1S/C23H25F2N7O/c1-14(2)26-8-10-33-23-30-20(18-13-28-32-9-4-7-27-22(18)32)12-21(31-23)29-15(3)17-6-5-16(24)11-19(17)25/h4-7,9,11-15,26H,8,10H2,1-3H3,(H,29,30,31)/t15-/m0/s1. The molecule has 0 fully saturated rings. The molecule has 0 aliphatic carbocycles. The van der Waals surface area contributed by atoms with E-state index >= 15 is 0 Å². The van der Waals surface area contributed by atoms with E-state index in [1.807, 2.05) is 13.8 Å². The van der Waals surface area contributed by atoms with Crippen molar-refractivity contribution >= 4 is 11.5 Å². The van der Waals surface area contributed by atoms with Gasteiger partial charge in [-0.2, -0.15) is 15.1 Å². The zero-order valence-corrected chi connectivity index (χ0v) is 18.6. The number of rotatable bonds is 9. The molecule has 4 aromatic rings. The first kappa shape index (κ1) is 22.5. The Bertz CT molecular complexity index is 1240. The highest BCUT2D eigenvalue weighted by atomic mass is 19.1. The summed E-state index contributed by atoms with van der Waals surface area (Å²) >= 11 is 0. The summed E-state index contributed by atoms with van der Waals surface area (Å²) in [6, 6.07) is 7.02. The van der Waals surface area contributed by atoms with Crippen LogP contribution in [0.3, 0.4) is 0 Å². The number of ether oxygens (including phenoxy) is 1. The maximum atomic E-state index is 14.3. The zero-order chi connectivity index (χ0) is 23.4. The third-order valence-corrected chi connectivity index (χ3v) is 4.94. The smallest absolute Gasteiger partial charge is 0.318 e. The Balaban J connectivity index is 1.65. The van der Waals surface area contributed by atoms with Gasteiger partial charge in [0.2, 0.25) is 0 Å². The number of hydrogen-bond donors (Lipinski definition) is 2.